The van der Waals surface area contributed by atoms with Gasteiger partial charge in [0.25, 0.3) is 0 Å². The molecule has 0 N–H and O–H groups in total. The van der Waals surface area contributed by atoms with Crippen molar-refractivity contribution in [1.29, 1.82) is 0 Å². The fourth-order valence-electron chi connectivity index (χ4n) is 3.36. The number of carbonyl (C=O) groups is 1. The van der Waals surface area contributed by atoms with E-state index < -0.39 is 0 Å². The van der Waals surface area contributed by atoms with Gasteiger partial charge < -0.3 is 4.74 Å². The molecule has 3 aromatic rings. The maximum Gasteiger partial charge on any atom is 0.233 e. The number of hydrogen-bond acceptors (Lipinski definition) is 4. The van der Waals surface area contributed by atoms with E-state index in [-0.39, 0.29) is 24.2 Å². The molecular formula is C21H20ClFN2O2S. The number of ether oxygens (including phenoxy) is 1. The SMILES string of the molecule is Cc1ccc(Cl)c2sc(N(CC3CCCO3)C(=O)Cc3ccc(F)cc3)nc12. The Kier molecular flexibility index (Phi) is 5.62. The van der Waals surface area contributed by atoms with Crippen LogP contribution >= 0.6 is 22.9 Å². The second-order valence-corrected chi connectivity index (χ2v) is 8.37. The van der Waals surface area contributed by atoms with Crippen molar-refractivity contribution in [1.82, 2.24) is 4.98 Å². The molecule has 4 rings (SSSR count). The van der Waals surface area contributed by atoms with Crippen LogP contribution in [0, 0.1) is 12.7 Å². The summed E-state index contributed by atoms with van der Waals surface area (Å²) in [5, 5.41) is 1.25. The molecule has 1 fully saturated rings. The monoisotopic (exact) mass is 418 g/mol. The summed E-state index contributed by atoms with van der Waals surface area (Å²) in [6.45, 7) is 3.15. The van der Waals surface area contributed by atoms with Crippen LogP contribution in [0.5, 0.6) is 0 Å². The molecule has 0 aliphatic carbocycles. The van der Waals surface area contributed by atoms with Crippen LogP contribution in [-0.4, -0.2) is 30.1 Å². The zero-order chi connectivity index (χ0) is 19.7. The smallest absolute Gasteiger partial charge is 0.233 e. The lowest BCUT2D eigenvalue weighted by molar-refractivity contribution is -0.118. The Balaban J connectivity index is 1.66. The number of benzene rings is 2. The second-order valence-electron chi connectivity index (χ2n) is 6.98. The van der Waals surface area contributed by atoms with Gasteiger partial charge in [0.2, 0.25) is 5.91 Å². The summed E-state index contributed by atoms with van der Waals surface area (Å²) < 4.78 is 19.8. The largest absolute Gasteiger partial charge is 0.376 e. The van der Waals surface area contributed by atoms with Crippen molar-refractivity contribution < 1.29 is 13.9 Å². The number of hydrogen-bond donors (Lipinski definition) is 0. The Morgan fingerprint density at radius 1 is 1.32 bits per heavy atom. The van der Waals surface area contributed by atoms with Gasteiger partial charge in [-0.1, -0.05) is 41.1 Å². The third-order valence-electron chi connectivity index (χ3n) is 4.90. The van der Waals surface area contributed by atoms with Crippen LogP contribution in [0.2, 0.25) is 5.02 Å². The molecule has 7 heteroatoms. The van der Waals surface area contributed by atoms with Crippen LogP contribution < -0.4 is 4.90 Å². The molecule has 1 aliphatic rings. The molecule has 28 heavy (non-hydrogen) atoms. The first-order valence-electron chi connectivity index (χ1n) is 9.23. The zero-order valence-corrected chi connectivity index (χ0v) is 17.0. The molecule has 2 aromatic carbocycles. The highest BCUT2D eigenvalue weighted by Crippen LogP contribution is 2.36. The highest BCUT2D eigenvalue weighted by molar-refractivity contribution is 7.23. The van der Waals surface area contributed by atoms with E-state index in [0.717, 1.165) is 40.8 Å². The maximum atomic E-state index is 13.2. The van der Waals surface area contributed by atoms with Crippen molar-refractivity contribution in [3.05, 3.63) is 58.4 Å². The summed E-state index contributed by atoms with van der Waals surface area (Å²) in [4.78, 5) is 19.6. The standard InChI is InChI=1S/C21H20ClFN2O2S/c1-13-4-9-17(22)20-19(13)24-21(28-20)25(12-16-3-2-10-27-16)18(26)11-14-5-7-15(23)8-6-14/h4-9,16H,2-3,10-12H2,1H3. The summed E-state index contributed by atoms with van der Waals surface area (Å²) in [5.41, 5.74) is 2.60. The van der Waals surface area contributed by atoms with E-state index in [1.54, 1.807) is 17.0 Å². The van der Waals surface area contributed by atoms with Gasteiger partial charge in [-0.15, -0.1) is 0 Å². The van der Waals surface area contributed by atoms with E-state index in [0.29, 0.717) is 16.7 Å². The van der Waals surface area contributed by atoms with Crippen LogP contribution in [0.25, 0.3) is 10.2 Å². The quantitative estimate of drug-likeness (QED) is 0.575. The summed E-state index contributed by atoms with van der Waals surface area (Å²) in [6.07, 6.45) is 2.09. The van der Waals surface area contributed by atoms with Crippen LogP contribution in [0.4, 0.5) is 9.52 Å². The van der Waals surface area contributed by atoms with Gasteiger partial charge in [-0.25, -0.2) is 9.37 Å². The van der Waals surface area contributed by atoms with Gasteiger partial charge in [0.1, 0.15) is 5.82 Å². The number of carbonyl (C=O) groups excluding carboxylic acids is 1. The Hall–Kier alpha value is -2.02. The van der Waals surface area contributed by atoms with Gasteiger partial charge in [0, 0.05) is 6.61 Å². The third kappa shape index (κ3) is 4.04. The number of anilines is 1. The molecule has 1 atom stereocenters. The van der Waals surface area contributed by atoms with Crippen LogP contribution in [0.3, 0.4) is 0 Å². The van der Waals surface area contributed by atoms with Gasteiger partial charge in [0.05, 0.1) is 34.3 Å². The Bertz CT molecular complexity index is 961. The van der Waals surface area contributed by atoms with E-state index in [9.17, 15) is 9.18 Å². The molecule has 2 heterocycles. The predicted octanol–water partition coefficient (Wildman–Crippen LogP) is 5.15. The van der Waals surface area contributed by atoms with Crippen LogP contribution in [0.1, 0.15) is 24.0 Å². The molecule has 146 valence electrons. The average molecular weight is 419 g/mol. The highest BCUT2D eigenvalue weighted by atomic mass is 35.5. The Morgan fingerprint density at radius 2 is 2.11 bits per heavy atom. The molecule has 1 unspecified atom stereocenters. The lowest BCUT2D eigenvalue weighted by Gasteiger charge is -2.23. The average Bonchev–Trinajstić information content (AvgIpc) is 3.35. The van der Waals surface area contributed by atoms with Crippen molar-refractivity contribution in [2.75, 3.05) is 18.1 Å². The van der Waals surface area contributed by atoms with E-state index in [1.165, 1.54) is 23.5 Å². The fourth-order valence-corrected chi connectivity index (χ4v) is 4.70. The summed E-state index contributed by atoms with van der Waals surface area (Å²) in [5.74, 6) is -0.404. The second kappa shape index (κ2) is 8.15. The molecule has 1 saturated heterocycles. The van der Waals surface area contributed by atoms with Gasteiger partial charge in [-0.3, -0.25) is 9.69 Å². The lowest BCUT2D eigenvalue weighted by atomic mass is 10.1. The molecule has 0 bridgehead atoms. The number of rotatable bonds is 5. The van der Waals surface area contributed by atoms with Gasteiger partial charge >= 0.3 is 0 Å². The van der Waals surface area contributed by atoms with Crippen LogP contribution in [0.15, 0.2) is 36.4 Å². The first-order valence-corrected chi connectivity index (χ1v) is 10.4. The molecule has 4 nitrogen and oxygen atoms in total. The number of fused-ring (bicyclic) bond motifs is 1. The predicted molar refractivity (Wildman–Crippen MR) is 111 cm³/mol. The third-order valence-corrected chi connectivity index (χ3v) is 6.44. The minimum absolute atomic E-state index is 0.000693. The molecular weight excluding hydrogens is 399 g/mol. The number of aryl methyl sites for hydroxylation is 1. The van der Waals surface area contributed by atoms with Crippen molar-refractivity contribution in [2.24, 2.45) is 0 Å². The lowest BCUT2D eigenvalue weighted by Crippen LogP contribution is -2.38. The zero-order valence-electron chi connectivity index (χ0n) is 15.5. The maximum absolute atomic E-state index is 13.2. The summed E-state index contributed by atoms with van der Waals surface area (Å²) in [7, 11) is 0. The topological polar surface area (TPSA) is 42.4 Å². The minimum Gasteiger partial charge on any atom is -0.376 e. The number of aromatic nitrogens is 1. The number of amides is 1. The normalized spacial score (nSPS) is 16.6. The molecule has 0 spiro atoms. The van der Waals surface area contributed by atoms with E-state index in [1.807, 2.05) is 19.1 Å². The molecule has 0 radical (unpaired) electrons. The number of halogens is 2. The van der Waals surface area contributed by atoms with Gasteiger partial charge in [-0.2, -0.15) is 0 Å². The van der Waals surface area contributed by atoms with Gasteiger partial charge in [0.15, 0.2) is 5.13 Å². The Labute approximate surface area is 171 Å². The van der Waals surface area contributed by atoms with Crippen LogP contribution in [-0.2, 0) is 16.0 Å². The minimum atomic E-state index is -0.316. The molecule has 1 amide bonds. The molecule has 1 aliphatic heterocycles. The summed E-state index contributed by atoms with van der Waals surface area (Å²) in [6, 6.07) is 9.79. The summed E-state index contributed by atoms with van der Waals surface area (Å²) >= 11 is 7.77. The van der Waals surface area contributed by atoms with E-state index in [4.69, 9.17) is 21.3 Å². The van der Waals surface area contributed by atoms with Crippen molar-refractivity contribution in [3.8, 4) is 0 Å². The Morgan fingerprint density at radius 3 is 2.79 bits per heavy atom. The first-order chi connectivity index (χ1) is 13.5. The van der Waals surface area contributed by atoms with Crippen molar-refractivity contribution in [2.45, 2.75) is 32.3 Å². The van der Waals surface area contributed by atoms with Crippen molar-refractivity contribution in [3.63, 3.8) is 0 Å². The molecule has 0 saturated carbocycles. The molecule has 1 aromatic heterocycles. The number of nitrogens with zero attached hydrogens (tertiary/aromatic N) is 2. The van der Waals surface area contributed by atoms with E-state index in [2.05, 4.69) is 0 Å². The fraction of sp³-hybridized carbons (Fsp3) is 0.333. The number of thiazole rings is 1. The van der Waals surface area contributed by atoms with Gasteiger partial charge in [-0.05, 0) is 49.1 Å². The first kappa shape index (κ1) is 19.3. The van der Waals surface area contributed by atoms with Crippen molar-refractivity contribution >= 4 is 44.2 Å². The van der Waals surface area contributed by atoms with E-state index >= 15 is 0 Å². The highest BCUT2D eigenvalue weighted by Gasteiger charge is 2.26.